The normalized spacial score (nSPS) is 13.9. The molecule has 1 aromatic rings. The summed E-state index contributed by atoms with van der Waals surface area (Å²) in [7, 11) is 4.20. The van der Waals surface area contributed by atoms with Gasteiger partial charge in [-0.05, 0) is 44.1 Å². The van der Waals surface area contributed by atoms with Gasteiger partial charge < -0.3 is 10.2 Å². The first kappa shape index (κ1) is 16.8. The van der Waals surface area contributed by atoms with Crippen LogP contribution < -0.4 is 5.32 Å². The lowest BCUT2D eigenvalue weighted by atomic mass is 9.92. The van der Waals surface area contributed by atoms with Crippen LogP contribution in [-0.4, -0.2) is 32.1 Å². The van der Waals surface area contributed by atoms with Gasteiger partial charge in [0.25, 0.3) is 0 Å². The van der Waals surface area contributed by atoms with E-state index in [2.05, 4.69) is 45.1 Å². The molecular formula is C15H24Cl2N2. The zero-order chi connectivity index (χ0) is 14.6. The van der Waals surface area contributed by atoms with E-state index in [0.29, 0.717) is 5.02 Å². The molecule has 0 saturated heterocycles. The van der Waals surface area contributed by atoms with Gasteiger partial charge in [0.1, 0.15) is 0 Å². The van der Waals surface area contributed by atoms with Gasteiger partial charge in [0.2, 0.25) is 0 Å². The summed E-state index contributed by atoms with van der Waals surface area (Å²) in [5.74, 6) is 0. The standard InChI is InChI=1S/C15H24Cl2N2/c1-11(13-7-6-12(16)8-14(13)17)18-9-15(2,3)10-19(4)5/h6-8,11,18H,9-10H2,1-5H3. The minimum atomic E-state index is 0.214. The molecule has 0 aliphatic carbocycles. The second-order valence-corrected chi connectivity index (χ2v) is 7.01. The van der Waals surface area contributed by atoms with E-state index in [1.165, 1.54) is 0 Å². The molecule has 0 bridgehead atoms. The van der Waals surface area contributed by atoms with Crippen LogP contribution in [0, 0.1) is 5.41 Å². The van der Waals surface area contributed by atoms with Crippen molar-refractivity contribution in [2.75, 3.05) is 27.2 Å². The van der Waals surface area contributed by atoms with Gasteiger partial charge in [-0.1, -0.05) is 43.1 Å². The smallest absolute Gasteiger partial charge is 0.0468 e. The molecule has 0 spiro atoms. The molecule has 1 aromatic carbocycles. The molecular weight excluding hydrogens is 279 g/mol. The fraction of sp³-hybridized carbons (Fsp3) is 0.600. The van der Waals surface area contributed by atoms with Crippen LogP contribution >= 0.6 is 23.2 Å². The molecule has 1 N–H and O–H groups in total. The molecule has 4 heteroatoms. The van der Waals surface area contributed by atoms with E-state index in [9.17, 15) is 0 Å². The Morgan fingerprint density at radius 2 is 1.89 bits per heavy atom. The number of hydrogen-bond donors (Lipinski definition) is 1. The Bertz CT molecular complexity index is 417. The zero-order valence-electron chi connectivity index (χ0n) is 12.4. The number of nitrogens with one attached hydrogen (secondary N) is 1. The summed E-state index contributed by atoms with van der Waals surface area (Å²) >= 11 is 12.1. The van der Waals surface area contributed by atoms with Gasteiger partial charge in [-0.25, -0.2) is 0 Å². The van der Waals surface area contributed by atoms with Crippen molar-refractivity contribution in [3.8, 4) is 0 Å². The Hall–Kier alpha value is -0.280. The zero-order valence-corrected chi connectivity index (χ0v) is 13.9. The second kappa shape index (κ2) is 6.94. The highest BCUT2D eigenvalue weighted by molar-refractivity contribution is 6.35. The molecule has 0 aliphatic heterocycles. The number of hydrogen-bond acceptors (Lipinski definition) is 2. The van der Waals surface area contributed by atoms with Crippen LogP contribution in [0.4, 0.5) is 0 Å². The van der Waals surface area contributed by atoms with Crippen molar-refractivity contribution in [2.24, 2.45) is 5.41 Å². The summed E-state index contributed by atoms with van der Waals surface area (Å²) in [4.78, 5) is 2.21. The van der Waals surface area contributed by atoms with Gasteiger partial charge in [0, 0.05) is 29.2 Å². The van der Waals surface area contributed by atoms with Crippen LogP contribution in [0.3, 0.4) is 0 Å². The predicted octanol–water partition coefficient (Wildman–Crippen LogP) is 4.23. The first-order chi connectivity index (χ1) is 8.71. The molecule has 1 unspecified atom stereocenters. The topological polar surface area (TPSA) is 15.3 Å². The van der Waals surface area contributed by atoms with Gasteiger partial charge in [-0.2, -0.15) is 0 Å². The summed E-state index contributed by atoms with van der Waals surface area (Å²) in [5, 5.41) is 4.95. The average Bonchev–Trinajstić information content (AvgIpc) is 2.24. The van der Waals surface area contributed by atoms with Crippen molar-refractivity contribution in [3.63, 3.8) is 0 Å². The number of halogens is 2. The monoisotopic (exact) mass is 302 g/mol. The van der Waals surface area contributed by atoms with Crippen molar-refractivity contribution in [1.82, 2.24) is 10.2 Å². The molecule has 1 rings (SSSR count). The van der Waals surface area contributed by atoms with E-state index in [4.69, 9.17) is 23.2 Å². The van der Waals surface area contributed by atoms with E-state index < -0.39 is 0 Å². The van der Waals surface area contributed by atoms with Crippen LogP contribution in [0.15, 0.2) is 18.2 Å². The highest BCUT2D eigenvalue weighted by Crippen LogP contribution is 2.26. The maximum Gasteiger partial charge on any atom is 0.0468 e. The van der Waals surface area contributed by atoms with Crippen LogP contribution in [0.1, 0.15) is 32.4 Å². The molecule has 0 fully saturated rings. The van der Waals surface area contributed by atoms with Crippen molar-refractivity contribution in [1.29, 1.82) is 0 Å². The fourth-order valence-corrected chi connectivity index (χ4v) is 2.88. The second-order valence-electron chi connectivity index (χ2n) is 6.17. The summed E-state index contributed by atoms with van der Waals surface area (Å²) in [5.41, 5.74) is 1.31. The maximum atomic E-state index is 6.23. The Kier molecular flexibility index (Phi) is 6.13. The van der Waals surface area contributed by atoms with E-state index in [-0.39, 0.29) is 11.5 Å². The third kappa shape index (κ3) is 5.70. The fourth-order valence-electron chi connectivity index (χ4n) is 2.30. The maximum absolute atomic E-state index is 6.23. The summed E-state index contributed by atoms with van der Waals surface area (Å²) in [6, 6.07) is 5.88. The largest absolute Gasteiger partial charge is 0.310 e. The van der Waals surface area contributed by atoms with Crippen molar-refractivity contribution >= 4 is 23.2 Å². The molecule has 0 radical (unpaired) electrons. The van der Waals surface area contributed by atoms with Crippen molar-refractivity contribution < 1.29 is 0 Å². The number of nitrogens with zero attached hydrogens (tertiary/aromatic N) is 1. The van der Waals surface area contributed by atoms with Gasteiger partial charge in [0.05, 0.1) is 0 Å². The average molecular weight is 303 g/mol. The van der Waals surface area contributed by atoms with Gasteiger partial charge in [0.15, 0.2) is 0 Å². The molecule has 19 heavy (non-hydrogen) atoms. The third-order valence-corrected chi connectivity index (χ3v) is 3.62. The Balaban J connectivity index is 2.62. The van der Waals surface area contributed by atoms with Gasteiger partial charge in [-0.3, -0.25) is 0 Å². The van der Waals surface area contributed by atoms with Gasteiger partial charge in [-0.15, -0.1) is 0 Å². The van der Waals surface area contributed by atoms with E-state index in [1.54, 1.807) is 6.07 Å². The lowest BCUT2D eigenvalue weighted by Crippen LogP contribution is -2.38. The molecule has 0 aliphatic rings. The van der Waals surface area contributed by atoms with E-state index >= 15 is 0 Å². The van der Waals surface area contributed by atoms with Crippen LogP contribution in [0.5, 0.6) is 0 Å². The summed E-state index contributed by atoms with van der Waals surface area (Å²) in [6.07, 6.45) is 0. The Labute approximate surface area is 127 Å². The predicted molar refractivity (Wildman–Crippen MR) is 85.2 cm³/mol. The molecule has 0 amide bonds. The third-order valence-electron chi connectivity index (χ3n) is 3.06. The van der Waals surface area contributed by atoms with E-state index in [0.717, 1.165) is 23.7 Å². The van der Waals surface area contributed by atoms with Crippen LogP contribution in [0.2, 0.25) is 10.0 Å². The van der Waals surface area contributed by atoms with Crippen molar-refractivity contribution in [3.05, 3.63) is 33.8 Å². The highest BCUT2D eigenvalue weighted by atomic mass is 35.5. The lowest BCUT2D eigenvalue weighted by Gasteiger charge is -2.30. The minimum absolute atomic E-state index is 0.214. The summed E-state index contributed by atoms with van der Waals surface area (Å²) in [6.45, 7) is 8.62. The highest BCUT2D eigenvalue weighted by Gasteiger charge is 2.20. The summed E-state index contributed by atoms with van der Waals surface area (Å²) < 4.78 is 0. The Morgan fingerprint density at radius 3 is 2.42 bits per heavy atom. The lowest BCUT2D eigenvalue weighted by molar-refractivity contribution is 0.227. The molecule has 0 heterocycles. The number of benzene rings is 1. The van der Waals surface area contributed by atoms with E-state index in [1.807, 2.05) is 12.1 Å². The molecule has 0 saturated carbocycles. The van der Waals surface area contributed by atoms with Crippen LogP contribution in [-0.2, 0) is 0 Å². The number of rotatable bonds is 6. The first-order valence-electron chi connectivity index (χ1n) is 6.54. The molecule has 2 nitrogen and oxygen atoms in total. The molecule has 108 valence electrons. The van der Waals surface area contributed by atoms with Crippen LogP contribution in [0.25, 0.3) is 0 Å². The quantitative estimate of drug-likeness (QED) is 0.846. The molecule has 0 aromatic heterocycles. The Morgan fingerprint density at radius 1 is 1.26 bits per heavy atom. The minimum Gasteiger partial charge on any atom is -0.310 e. The van der Waals surface area contributed by atoms with Crippen molar-refractivity contribution in [2.45, 2.75) is 26.8 Å². The first-order valence-corrected chi connectivity index (χ1v) is 7.30. The molecule has 1 atom stereocenters. The SMILES string of the molecule is CC(NCC(C)(C)CN(C)C)c1ccc(Cl)cc1Cl. The van der Waals surface area contributed by atoms with Gasteiger partial charge >= 0.3 is 0 Å².